The predicted molar refractivity (Wildman–Crippen MR) is 128 cm³/mol. The third kappa shape index (κ3) is 4.27. The number of hydrogen-bond acceptors (Lipinski definition) is 4. The molecule has 0 saturated carbocycles. The van der Waals surface area contributed by atoms with Crippen molar-refractivity contribution in [2.45, 2.75) is 24.7 Å². The molecule has 0 radical (unpaired) electrons. The van der Waals surface area contributed by atoms with Gasteiger partial charge in [0.05, 0.1) is 13.2 Å². The van der Waals surface area contributed by atoms with Gasteiger partial charge in [-0.1, -0.05) is 60.1 Å². The maximum atomic E-state index is 14.0. The molecule has 0 fully saturated rings. The van der Waals surface area contributed by atoms with E-state index in [2.05, 4.69) is 15.7 Å². The van der Waals surface area contributed by atoms with E-state index in [4.69, 9.17) is 16.3 Å². The van der Waals surface area contributed by atoms with Crippen LogP contribution >= 0.6 is 11.6 Å². The maximum absolute atomic E-state index is 14.0. The van der Waals surface area contributed by atoms with Crippen LogP contribution in [0.25, 0.3) is 10.8 Å². The molecule has 0 aliphatic carbocycles. The minimum Gasteiger partial charge on any atom is -0.497 e. The Morgan fingerprint density at radius 2 is 1.83 bits per heavy atom. The van der Waals surface area contributed by atoms with Gasteiger partial charge in [-0.25, -0.2) is 4.68 Å². The van der Waals surface area contributed by atoms with Crippen LogP contribution in [0.15, 0.2) is 66.7 Å². The molecular formula is C25H20ClF3N4O2. The van der Waals surface area contributed by atoms with Crippen LogP contribution in [-0.2, 0) is 0 Å². The molecule has 1 aliphatic heterocycles. The summed E-state index contributed by atoms with van der Waals surface area (Å²) in [7, 11) is 1.51. The Morgan fingerprint density at radius 1 is 1.11 bits per heavy atom. The van der Waals surface area contributed by atoms with Crippen LogP contribution in [0.4, 0.5) is 24.7 Å². The molecule has 10 heteroatoms. The number of amides is 1. The van der Waals surface area contributed by atoms with Crippen LogP contribution in [0.5, 0.6) is 5.75 Å². The largest absolute Gasteiger partial charge is 0.497 e. The summed E-state index contributed by atoms with van der Waals surface area (Å²) in [6, 6.07) is 16.9. The highest BCUT2D eigenvalue weighted by Crippen LogP contribution is 2.46. The first-order chi connectivity index (χ1) is 16.8. The number of carbonyl (C=O) groups excluding carboxylic acids is 1. The van der Waals surface area contributed by atoms with Crippen LogP contribution in [0.3, 0.4) is 0 Å². The van der Waals surface area contributed by atoms with Crippen molar-refractivity contribution >= 4 is 39.8 Å². The van der Waals surface area contributed by atoms with Crippen molar-refractivity contribution in [2.75, 3.05) is 17.7 Å². The molecule has 1 aliphatic rings. The summed E-state index contributed by atoms with van der Waals surface area (Å²) >= 11 is 6.44. The number of fused-ring (bicyclic) bond motifs is 2. The van der Waals surface area contributed by atoms with E-state index in [0.717, 1.165) is 15.5 Å². The van der Waals surface area contributed by atoms with Crippen molar-refractivity contribution in [1.82, 2.24) is 9.78 Å². The van der Waals surface area contributed by atoms with Crippen LogP contribution < -0.4 is 15.4 Å². The van der Waals surface area contributed by atoms with Gasteiger partial charge in [-0.2, -0.15) is 18.3 Å². The van der Waals surface area contributed by atoms with E-state index in [0.29, 0.717) is 17.0 Å². The number of nitrogens with one attached hydrogen (secondary N) is 2. The highest BCUT2D eigenvalue weighted by molar-refractivity contribution is 6.36. The van der Waals surface area contributed by atoms with E-state index in [1.54, 1.807) is 36.4 Å². The lowest BCUT2D eigenvalue weighted by Gasteiger charge is -2.33. The van der Waals surface area contributed by atoms with E-state index < -0.39 is 24.2 Å². The van der Waals surface area contributed by atoms with Crippen molar-refractivity contribution in [3.8, 4) is 5.75 Å². The first-order valence-corrected chi connectivity index (χ1v) is 11.2. The zero-order chi connectivity index (χ0) is 24.7. The van der Waals surface area contributed by atoms with Gasteiger partial charge < -0.3 is 15.4 Å². The Balaban J connectivity index is 1.50. The zero-order valence-electron chi connectivity index (χ0n) is 18.4. The lowest BCUT2D eigenvalue weighted by molar-refractivity contribution is -0.173. The van der Waals surface area contributed by atoms with E-state index >= 15 is 0 Å². The number of carbonyl (C=O) groups is 1. The molecule has 35 heavy (non-hydrogen) atoms. The number of rotatable bonds is 4. The Kier molecular flexibility index (Phi) is 5.80. The van der Waals surface area contributed by atoms with Gasteiger partial charge in [0, 0.05) is 17.5 Å². The van der Waals surface area contributed by atoms with Gasteiger partial charge in [-0.3, -0.25) is 4.79 Å². The van der Waals surface area contributed by atoms with Crippen molar-refractivity contribution in [2.24, 2.45) is 0 Å². The molecule has 4 aromatic rings. The number of benzene rings is 3. The fourth-order valence-electron chi connectivity index (χ4n) is 4.31. The molecular weight excluding hydrogens is 481 g/mol. The third-order valence-corrected chi connectivity index (χ3v) is 6.42. The van der Waals surface area contributed by atoms with Gasteiger partial charge in [0.2, 0.25) is 0 Å². The van der Waals surface area contributed by atoms with Gasteiger partial charge in [0.15, 0.2) is 11.7 Å². The fourth-order valence-corrected chi connectivity index (χ4v) is 4.57. The summed E-state index contributed by atoms with van der Waals surface area (Å²) in [5.41, 5.74) is 0.851. The average molecular weight is 501 g/mol. The minimum absolute atomic E-state index is 0.0517. The molecule has 6 nitrogen and oxygen atoms in total. The van der Waals surface area contributed by atoms with E-state index in [1.807, 2.05) is 30.3 Å². The smallest absolute Gasteiger partial charge is 0.410 e. The van der Waals surface area contributed by atoms with E-state index in [-0.39, 0.29) is 23.0 Å². The van der Waals surface area contributed by atoms with E-state index in [9.17, 15) is 18.0 Å². The normalized spacial score (nSPS) is 17.5. The molecule has 5 rings (SSSR count). The van der Waals surface area contributed by atoms with Crippen molar-refractivity contribution < 1.29 is 22.7 Å². The van der Waals surface area contributed by atoms with Crippen LogP contribution in [0.2, 0.25) is 5.02 Å². The molecule has 2 atom stereocenters. The summed E-state index contributed by atoms with van der Waals surface area (Å²) in [4.78, 5) is 13.1. The Morgan fingerprint density at radius 3 is 2.54 bits per heavy atom. The summed E-state index contributed by atoms with van der Waals surface area (Å²) in [5.74, 6) is -0.159. The fraction of sp³-hybridized carbons (Fsp3) is 0.200. The molecule has 1 amide bonds. The summed E-state index contributed by atoms with van der Waals surface area (Å²) < 4.78 is 48.0. The maximum Gasteiger partial charge on any atom is 0.410 e. The SMILES string of the molecule is COc1ccc([C@H]2C[C@@H](C(F)(F)F)n3nc(C(=O)Nc4cccc5ccccc45)c(Cl)c3N2)cc1. The van der Waals surface area contributed by atoms with Gasteiger partial charge >= 0.3 is 6.18 Å². The molecule has 180 valence electrons. The Hall–Kier alpha value is -3.72. The zero-order valence-corrected chi connectivity index (χ0v) is 19.2. The molecule has 2 N–H and O–H groups in total. The minimum atomic E-state index is -4.60. The third-order valence-electron chi connectivity index (χ3n) is 6.07. The standard InChI is InChI=1S/C25H20ClF3N4O2/c1-35-16-11-9-15(10-12-16)19-13-20(25(27,28)29)33-23(30-19)21(26)22(32-33)24(34)31-18-8-4-6-14-5-2-3-7-17(14)18/h2-12,19-20,30H,13H2,1H3,(H,31,34)/t19-,20+/m1/s1. The molecule has 2 heterocycles. The summed E-state index contributed by atoms with van der Waals surface area (Å²) in [5, 5.41) is 11.3. The molecule has 0 unspecified atom stereocenters. The first kappa shape index (κ1) is 23.0. The van der Waals surface area contributed by atoms with Gasteiger partial charge in [-0.05, 0) is 29.1 Å². The number of alkyl halides is 3. The topological polar surface area (TPSA) is 68.2 Å². The lowest BCUT2D eigenvalue weighted by atomic mass is 9.97. The van der Waals surface area contributed by atoms with Crippen molar-refractivity contribution in [3.63, 3.8) is 0 Å². The highest BCUT2D eigenvalue weighted by atomic mass is 35.5. The Labute approximate surface area is 203 Å². The lowest BCUT2D eigenvalue weighted by Crippen LogP contribution is -2.35. The van der Waals surface area contributed by atoms with Gasteiger partial charge in [0.1, 0.15) is 16.6 Å². The first-order valence-electron chi connectivity index (χ1n) is 10.8. The van der Waals surface area contributed by atoms with Crippen molar-refractivity contribution in [3.05, 3.63) is 83.0 Å². The second-order valence-corrected chi connectivity index (χ2v) is 8.58. The number of anilines is 2. The number of nitrogens with zero attached hydrogens (tertiary/aromatic N) is 2. The average Bonchev–Trinajstić information content (AvgIpc) is 3.19. The second kappa shape index (κ2) is 8.81. The van der Waals surface area contributed by atoms with Crippen LogP contribution in [-0.4, -0.2) is 29.0 Å². The van der Waals surface area contributed by atoms with Gasteiger partial charge in [-0.15, -0.1) is 0 Å². The van der Waals surface area contributed by atoms with Crippen molar-refractivity contribution in [1.29, 1.82) is 0 Å². The number of ether oxygens (including phenoxy) is 1. The molecule has 0 spiro atoms. The highest BCUT2D eigenvalue weighted by Gasteiger charge is 2.47. The summed E-state index contributed by atoms with van der Waals surface area (Å²) in [6.45, 7) is 0. The van der Waals surface area contributed by atoms with Gasteiger partial charge in [0.25, 0.3) is 5.91 Å². The molecule has 3 aromatic carbocycles. The monoisotopic (exact) mass is 500 g/mol. The summed E-state index contributed by atoms with van der Waals surface area (Å²) in [6.07, 6.45) is -4.91. The van der Waals surface area contributed by atoms with E-state index in [1.165, 1.54) is 7.11 Å². The molecule has 1 aromatic heterocycles. The second-order valence-electron chi connectivity index (χ2n) is 8.20. The van der Waals surface area contributed by atoms with Crippen LogP contribution in [0.1, 0.15) is 34.6 Å². The number of halogens is 4. The predicted octanol–water partition coefficient (Wildman–Crippen LogP) is 6.61. The Bertz CT molecular complexity index is 1400. The molecule has 0 saturated heterocycles. The number of methoxy groups -OCH3 is 1. The van der Waals surface area contributed by atoms with Crippen LogP contribution in [0, 0.1) is 0 Å². The number of aromatic nitrogens is 2. The molecule has 0 bridgehead atoms. The number of hydrogen-bond donors (Lipinski definition) is 2. The quantitative estimate of drug-likeness (QED) is 0.331.